The van der Waals surface area contributed by atoms with Gasteiger partial charge in [0.25, 0.3) is 0 Å². The highest BCUT2D eigenvalue weighted by Crippen LogP contribution is 2.23. The molecule has 0 bridgehead atoms. The zero-order chi connectivity index (χ0) is 13.8. The van der Waals surface area contributed by atoms with Crippen molar-refractivity contribution in [3.63, 3.8) is 0 Å². The normalized spacial score (nSPS) is 12.4. The molecular weight excluding hydrogens is 300 g/mol. The Labute approximate surface area is 123 Å². The first kappa shape index (κ1) is 14.3. The molecule has 0 radical (unpaired) electrons. The Morgan fingerprint density at radius 3 is 2.11 bits per heavy atom. The van der Waals surface area contributed by atoms with Crippen LogP contribution in [0.4, 0.5) is 0 Å². The molecule has 1 N–H and O–H groups in total. The van der Waals surface area contributed by atoms with E-state index < -0.39 is 0 Å². The minimum absolute atomic E-state index is 0.161. The summed E-state index contributed by atoms with van der Waals surface area (Å²) in [7, 11) is 0. The molecule has 0 saturated carbocycles. The smallest absolute Gasteiger partial charge is 0.0502 e. The Kier molecular flexibility index (Phi) is 4.78. The molecular formula is C17H19BrO. The summed E-state index contributed by atoms with van der Waals surface area (Å²) in [6.45, 7) is 4.41. The van der Waals surface area contributed by atoms with E-state index in [-0.39, 0.29) is 12.5 Å². The quantitative estimate of drug-likeness (QED) is 0.886. The third-order valence-electron chi connectivity index (χ3n) is 3.33. The van der Waals surface area contributed by atoms with E-state index >= 15 is 0 Å². The zero-order valence-corrected chi connectivity index (χ0v) is 12.9. The number of aliphatic hydroxyl groups is 1. The van der Waals surface area contributed by atoms with Crippen molar-refractivity contribution in [2.75, 3.05) is 6.61 Å². The van der Waals surface area contributed by atoms with Gasteiger partial charge in [0.1, 0.15) is 0 Å². The molecule has 2 heteroatoms. The van der Waals surface area contributed by atoms with Crippen LogP contribution in [-0.2, 0) is 6.42 Å². The second-order valence-corrected chi connectivity index (χ2v) is 6.05. The number of aryl methyl sites for hydroxylation is 2. The molecule has 0 spiro atoms. The first-order valence-corrected chi connectivity index (χ1v) is 7.31. The van der Waals surface area contributed by atoms with Crippen molar-refractivity contribution >= 4 is 15.9 Å². The van der Waals surface area contributed by atoms with Gasteiger partial charge in [-0.05, 0) is 43.5 Å². The Morgan fingerprint density at radius 2 is 1.58 bits per heavy atom. The number of benzene rings is 2. The second kappa shape index (κ2) is 6.36. The van der Waals surface area contributed by atoms with Crippen molar-refractivity contribution in [1.29, 1.82) is 0 Å². The summed E-state index contributed by atoms with van der Waals surface area (Å²) in [6, 6.07) is 14.8. The lowest BCUT2D eigenvalue weighted by atomic mass is 9.91. The molecule has 1 atom stereocenters. The highest BCUT2D eigenvalue weighted by Gasteiger charge is 2.11. The van der Waals surface area contributed by atoms with Crippen LogP contribution >= 0.6 is 15.9 Å². The Balaban J connectivity index is 2.21. The van der Waals surface area contributed by atoms with E-state index in [9.17, 15) is 5.11 Å². The molecule has 0 aliphatic carbocycles. The van der Waals surface area contributed by atoms with Crippen LogP contribution in [0.1, 0.15) is 28.2 Å². The average molecular weight is 319 g/mol. The molecule has 0 aromatic heterocycles. The molecule has 0 heterocycles. The van der Waals surface area contributed by atoms with E-state index in [0.29, 0.717) is 0 Å². The first-order valence-electron chi connectivity index (χ1n) is 6.52. The van der Waals surface area contributed by atoms with Crippen molar-refractivity contribution < 1.29 is 5.11 Å². The summed E-state index contributed by atoms with van der Waals surface area (Å²) < 4.78 is 1.07. The molecule has 0 aliphatic rings. The molecule has 2 rings (SSSR count). The molecule has 0 amide bonds. The van der Waals surface area contributed by atoms with Gasteiger partial charge in [0.2, 0.25) is 0 Å². The fourth-order valence-electron chi connectivity index (χ4n) is 2.49. The van der Waals surface area contributed by atoms with Crippen molar-refractivity contribution in [2.45, 2.75) is 26.2 Å². The molecule has 2 aromatic carbocycles. The molecule has 2 aromatic rings. The summed E-state index contributed by atoms with van der Waals surface area (Å²) in [4.78, 5) is 0. The van der Waals surface area contributed by atoms with Crippen molar-refractivity contribution in [1.82, 2.24) is 0 Å². The predicted octanol–water partition coefficient (Wildman–Crippen LogP) is 4.38. The molecule has 19 heavy (non-hydrogen) atoms. The van der Waals surface area contributed by atoms with Crippen LogP contribution < -0.4 is 0 Å². The van der Waals surface area contributed by atoms with E-state index in [2.05, 4.69) is 60.1 Å². The fourth-order valence-corrected chi connectivity index (χ4v) is 2.76. The van der Waals surface area contributed by atoms with Gasteiger partial charge in [0.05, 0.1) is 6.61 Å². The van der Waals surface area contributed by atoms with Gasteiger partial charge in [-0.3, -0.25) is 0 Å². The van der Waals surface area contributed by atoms with Gasteiger partial charge in [0, 0.05) is 10.4 Å². The molecule has 1 unspecified atom stereocenters. The zero-order valence-electron chi connectivity index (χ0n) is 11.4. The van der Waals surface area contributed by atoms with E-state index in [1.54, 1.807) is 0 Å². The second-order valence-electron chi connectivity index (χ2n) is 5.13. The molecule has 100 valence electrons. The van der Waals surface area contributed by atoms with Crippen molar-refractivity contribution in [3.8, 4) is 0 Å². The standard InChI is InChI=1S/C17H19BrO/c1-12-7-13(2)9-14(8-12)10-16(11-19)15-3-5-17(18)6-4-15/h3-9,16,19H,10-11H2,1-2H3. The van der Waals surface area contributed by atoms with Crippen LogP contribution in [0.15, 0.2) is 46.9 Å². The Bertz CT molecular complexity index is 525. The minimum Gasteiger partial charge on any atom is -0.396 e. The number of aliphatic hydroxyl groups excluding tert-OH is 1. The lowest BCUT2D eigenvalue weighted by Crippen LogP contribution is -2.08. The number of rotatable bonds is 4. The maximum atomic E-state index is 9.64. The number of halogens is 1. The van der Waals surface area contributed by atoms with Crippen LogP contribution in [0.5, 0.6) is 0 Å². The monoisotopic (exact) mass is 318 g/mol. The van der Waals surface area contributed by atoms with Gasteiger partial charge in [-0.2, -0.15) is 0 Å². The number of hydrogen-bond acceptors (Lipinski definition) is 1. The van der Waals surface area contributed by atoms with Gasteiger partial charge in [-0.25, -0.2) is 0 Å². The summed E-state index contributed by atoms with van der Waals surface area (Å²) >= 11 is 3.44. The van der Waals surface area contributed by atoms with Gasteiger partial charge in [-0.1, -0.05) is 57.4 Å². The predicted molar refractivity (Wildman–Crippen MR) is 83.6 cm³/mol. The highest BCUT2D eigenvalue weighted by atomic mass is 79.9. The molecule has 0 saturated heterocycles. The Morgan fingerprint density at radius 1 is 1.00 bits per heavy atom. The fraction of sp³-hybridized carbons (Fsp3) is 0.294. The van der Waals surface area contributed by atoms with Crippen LogP contribution in [0.25, 0.3) is 0 Å². The molecule has 0 aliphatic heterocycles. The first-order chi connectivity index (χ1) is 9.08. The molecule has 0 fully saturated rings. The minimum atomic E-state index is 0.161. The van der Waals surface area contributed by atoms with E-state index in [1.165, 1.54) is 22.3 Å². The number of hydrogen-bond donors (Lipinski definition) is 1. The third kappa shape index (κ3) is 3.92. The summed E-state index contributed by atoms with van der Waals surface area (Å²) in [5.74, 6) is 0.161. The van der Waals surface area contributed by atoms with Crippen molar-refractivity contribution in [3.05, 3.63) is 69.2 Å². The third-order valence-corrected chi connectivity index (χ3v) is 3.85. The highest BCUT2D eigenvalue weighted by molar-refractivity contribution is 9.10. The van der Waals surface area contributed by atoms with Crippen molar-refractivity contribution in [2.24, 2.45) is 0 Å². The lowest BCUT2D eigenvalue weighted by molar-refractivity contribution is 0.264. The lowest BCUT2D eigenvalue weighted by Gasteiger charge is -2.16. The van der Waals surface area contributed by atoms with Gasteiger partial charge < -0.3 is 5.11 Å². The summed E-state index contributed by atoms with van der Waals surface area (Å²) in [5.41, 5.74) is 5.04. The van der Waals surface area contributed by atoms with E-state index in [4.69, 9.17) is 0 Å². The summed E-state index contributed by atoms with van der Waals surface area (Å²) in [5, 5.41) is 9.64. The Hall–Kier alpha value is -1.12. The van der Waals surface area contributed by atoms with Gasteiger partial charge in [0.15, 0.2) is 0 Å². The molecule has 1 nitrogen and oxygen atoms in total. The van der Waals surface area contributed by atoms with Crippen LogP contribution in [0.2, 0.25) is 0 Å². The average Bonchev–Trinajstić information content (AvgIpc) is 2.36. The maximum Gasteiger partial charge on any atom is 0.0502 e. The maximum absolute atomic E-state index is 9.64. The summed E-state index contributed by atoms with van der Waals surface area (Å²) in [6.07, 6.45) is 0.876. The van der Waals surface area contributed by atoms with Gasteiger partial charge >= 0.3 is 0 Å². The topological polar surface area (TPSA) is 20.2 Å². The van der Waals surface area contributed by atoms with Crippen LogP contribution in [0, 0.1) is 13.8 Å². The van der Waals surface area contributed by atoms with Crippen LogP contribution in [0.3, 0.4) is 0 Å². The SMILES string of the molecule is Cc1cc(C)cc(CC(CO)c2ccc(Br)cc2)c1. The van der Waals surface area contributed by atoms with Crippen LogP contribution in [-0.4, -0.2) is 11.7 Å². The largest absolute Gasteiger partial charge is 0.396 e. The van der Waals surface area contributed by atoms with E-state index in [0.717, 1.165) is 10.9 Å². The van der Waals surface area contributed by atoms with E-state index in [1.807, 2.05) is 12.1 Å². The van der Waals surface area contributed by atoms with Gasteiger partial charge in [-0.15, -0.1) is 0 Å².